The van der Waals surface area contributed by atoms with E-state index in [9.17, 15) is 4.79 Å². The molecule has 2 aromatic carbocycles. The number of amides is 1. The van der Waals surface area contributed by atoms with E-state index < -0.39 is 0 Å². The molecule has 1 fully saturated rings. The van der Waals surface area contributed by atoms with E-state index in [2.05, 4.69) is 28.4 Å². The Morgan fingerprint density at radius 3 is 2.66 bits per heavy atom. The smallest absolute Gasteiger partial charge is 0.238 e. The Hall–Kier alpha value is -2.25. The summed E-state index contributed by atoms with van der Waals surface area (Å²) < 4.78 is 2.05. The number of hydrogen-bond donors (Lipinski definition) is 0. The zero-order valence-corrected chi connectivity index (χ0v) is 17.8. The van der Waals surface area contributed by atoms with Crippen molar-refractivity contribution in [2.75, 3.05) is 16.4 Å². The molecule has 1 aliphatic heterocycles. The topological polar surface area (TPSA) is 51.0 Å². The van der Waals surface area contributed by atoms with Crippen molar-refractivity contribution in [1.82, 2.24) is 14.8 Å². The molecule has 7 heteroatoms. The third-order valence-electron chi connectivity index (χ3n) is 5.42. The second-order valence-corrected chi connectivity index (χ2v) is 9.44. The molecule has 1 amide bonds. The van der Waals surface area contributed by atoms with Crippen LogP contribution in [-0.4, -0.2) is 32.2 Å². The first-order chi connectivity index (χ1) is 14.2. The third kappa shape index (κ3) is 3.69. The van der Waals surface area contributed by atoms with Crippen molar-refractivity contribution >= 4 is 35.1 Å². The molecule has 1 unspecified atom stereocenters. The van der Waals surface area contributed by atoms with Gasteiger partial charge in [-0.05, 0) is 30.5 Å². The molecule has 3 aromatic rings. The van der Waals surface area contributed by atoms with Crippen LogP contribution < -0.4 is 4.90 Å². The number of nitrogens with zero attached hydrogens (tertiary/aromatic N) is 4. The van der Waals surface area contributed by atoms with Crippen molar-refractivity contribution in [1.29, 1.82) is 0 Å². The van der Waals surface area contributed by atoms with Gasteiger partial charge in [-0.2, -0.15) is 0 Å². The molecular formula is C22H22N4OS2. The Labute approximate surface area is 178 Å². The van der Waals surface area contributed by atoms with Gasteiger partial charge in [-0.25, -0.2) is 0 Å². The molecule has 5 rings (SSSR count). The van der Waals surface area contributed by atoms with Crippen molar-refractivity contribution in [3.8, 4) is 0 Å². The van der Waals surface area contributed by atoms with E-state index in [1.807, 2.05) is 64.7 Å². The van der Waals surface area contributed by atoms with Gasteiger partial charge in [0, 0.05) is 23.6 Å². The molecular weight excluding hydrogens is 400 g/mol. The highest BCUT2D eigenvalue weighted by atomic mass is 32.2. The number of rotatable bonds is 5. The van der Waals surface area contributed by atoms with Crippen molar-refractivity contribution in [2.24, 2.45) is 7.05 Å². The molecule has 0 saturated heterocycles. The van der Waals surface area contributed by atoms with Crippen LogP contribution >= 0.6 is 23.5 Å². The van der Waals surface area contributed by atoms with E-state index in [4.69, 9.17) is 0 Å². The number of fused-ring (bicyclic) bond motifs is 1. The average molecular weight is 423 g/mol. The van der Waals surface area contributed by atoms with Crippen LogP contribution in [0.15, 0.2) is 64.6 Å². The highest BCUT2D eigenvalue weighted by molar-refractivity contribution is 8.00. The van der Waals surface area contributed by atoms with Crippen LogP contribution in [0.1, 0.15) is 36.2 Å². The molecule has 1 aliphatic carbocycles. The van der Waals surface area contributed by atoms with E-state index in [1.165, 1.54) is 30.2 Å². The normalized spacial score (nSPS) is 18.5. The van der Waals surface area contributed by atoms with E-state index in [0.29, 0.717) is 11.7 Å². The van der Waals surface area contributed by atoms with Crippen LogP contribution in [0.2, 0.25) is 0 Å². The quantitative estimate of drug-likeness (QED) is 0.560. The molecule has 1 saturated carbocycles. The number of carbonyl (C=O) groups excluding carboxylic acids is 1. The van der Waals surface area contributed by atoms with Gasteiger partial charge in [0.15, 0.2) is 5.16 Å². The van der Waals surface area contributed by atoms with Crippen molar-refractivity contribution in [3.05, 3.63) is 66.0 Å². The second-order valence-electron chi connectivity index (χ2n) is 7.43. The fourth-order valence-electron chi connectivity index (χ4n) is 3.76. The van der Waals surface area contributed by atoms with E-state index >= 15 is 0 Å². The van der Waals surface area contributed by atoms with Gasteiger partial charge < -0.3 is 9.47 Å². The number of carbonyl (C=O) groups is 1. The lowest BCUT2D eigenvalue weighted by Gasteiger charge is -2.37. The maximum atomic E-state index is 13.4. The van der Waals surface area contributed by atoms with Crippen molar-refractivity contribution in [2.45, 2.75) is 34.9 Å². The standard InChI is InChI=1S/C22H22N4OS2/c1-25-21(16-11-12-16)23-24-22(25)29-14-20(27)26-17-9-5-6-10-19(17)28-13-18(26)15-7-3-2-4-8-15/h2-10,16,18H,11-14H2,1H3. The third-order valence-corrected chi connectivity index (χ3v) is 7.57. The molecule has 0 spiro atoms. The summed E-state index contributed by atoms with van der Waals surface area (Å²) in [6.07, 6.45) is 2.38. The highest BCUT2D eigenvalue weighted by Gasteiger charge is 2.33. The minimum Gasteiger partial charge on any atom is -0.309 e. The van der Waals surface area contributed by atoms with Gasteiger partial charge in [-0.1, -0.05) is 54.2 Å². The fraction of sp³-hybridized carbons (Fsp3) is 0.318. The zero-order chi connectivity index (χ0) is 19.8. The summed E-state index contributed by atoms with van der Waals surface area (Å²) in [7, 11) is 2.00. The van der Waals surface area contributed by atoms with Gasteiger partial charge in [0.25, 0.3) is 0 Å². The molecule has 5 nitrogen and oxygen atoms in total. The van der Waals surface area contributed by atoms with Gasteiger partial charge in [-0.3, -0.25) is 4.79 Å². The van der Waals surface area contributed by atoms with Gasteiger partial charge in [0.1, 0.15) is 5.82 Å². The highest BCUT2D eigenvalue weighted by Crippen LogP contribution is 2.43. The summed E-state index contributed by atoms with van der Waals surface area (Å²) >= 11 is 3.29. The summed E-state index contributed by atoms with van der Waals surface area (Å²) in [5.74, 6) is 2.90. The molecule has 0 radical (unpaired) electrons. The molecule has 148 valence electrons. The largest absolute Gasteiger partial charge is 0.309 e. The predicted octanol–water partition coefficient (Wildman–Crippen LogP) is 4.66. The maximum Gasteiger partial charge on any atom is 0.238 e. The predicted molar refractivity (Wildman–Crippen MR) is 118 cm³/mol. The van der Waals surface area contributed by atoms with Gasteiger partial charge in [0.2, 0.25) is 5.91 Å². The lowest BCUT2D eigenvalue weighted by Crippen LogP contribution is -2.39. The Bertz CT molecular complexity index is 1030. The molecule has 0 bridgehead atoms. The minimum atomic E-state index is 0.0331. The lowest BCUT2D eigenvalue weighted by atomic mass is 10.1. The van der Waals surface area contributed by atoms with E-state index in [-0.39, 0.29) is 11.9 Å². The Balaban J connectivity index is 1.40. The summed E-state index contributed by atoms with van der Waals surface area (Å²) in [6, 6.07) is 18.5. The molecule has 1 atom stereocenters. The first kappa shape index (κ1) is 18.8. The van der Waals surface area contributed by atoms with Gasteiger partial charge in [-0.15, -0.1) is 22.0 Å². The van der Waals surface area contributed by atoms with Crippen molar-refractivity contribution in [3.63, 3.8) is 0 Å². The number of aromatic nitrogens is 3. The second kappa shape index (κ2) is 7.88. The summed E-state index contributed by atoms with van der Waals surface area (Å²) in [4.78, 5) is 16.6. The number of hydrogen-bond acceptors (Lipinski definition) is 5. The van der Waals surface area contributed by atoms with E-state index in [0.717, 1.165) is 27.3 Å². The minimum absolute atomic E-state index is 0.0331. The molecule has 1 aromatic heterocycles. The number of benzene rings is 2. The maximum absolute atomic E-state index is 13.4. The van der Waals surface area contributed by atoms with E-state index in [1.54, 1.807) is 0 Å². The molecule has 29 heavy (non-hydrogen) atoms. The van der Waals surface area contributed by atoms with Gasteiger partial charge >= 0.3 is 0 Å². The Kier molecular flexibility index (Phi) is 5.09. The summed E-state index contributed by atoms with van der Waals surface area (Å²) in [6.45, 7) is 0. The van der Waals surface area contributed by atoms with Crippen LogP contribution in [-0.2, 0) is 11.8 Å². The summed E-state index contributed by atoms with van der Waals surface area (Å²) in [5, 5.41) is 9.46. The zero-order valence-electron chi connectivity index (χ0n) is 16.2. The van der Waals surface area contributed by atoms with Crippen molar-refractivity contribution < 1.29 is 4.79 Å². The SMILES string of the molecule is Cn1c(SCC(=O)N2c3ccccc3SCC2c2ccccc2)nnc1C1CC1. The fourth-order valence-corrected chi connectivity index (χ4v) is 5.71. The monoisotopic (exact) mass is 422 g/mol. The van der Waals surface area contributed by atoms with Crippen LogP contribution in [0.4, 0.5) is 5.69 Å². The average Bonchev–Trinajstić information content (AvgIpc) is 3.54. The first-order valence-electron chi connectivity index (χ1n) is 9.83. The lowest BCUT2D eigenvalue weighted by molar-refractivity contribution is -0.116. The number of anilines is 1. The van der Waals surface area contributed by atoms with Gasteiger partial charge in [0.05, 0.1) is 17.5 Å². The number of para-hydroxylation sites is 1. The molecule has 0 N–H and O–H groups in total. The number of thioether (sulfide) groups is 2. The molecule has 2 heterocycles. The van der Waals surface area contributed by atoms with Crippen LogP contribution in [0.3, 0.4) is 0 Å². The summed E-state index contributed by atoms with van der Waals surface area (Å²) in [5.41, 5.74) is 2.17. The molecule has 2 aliphatic rings. The first-order valence-corrected chi connectivity index (χ1v) is 11.8. The Morgan fingerprint density at radius 1 is 1.10 bits per heavy atom. The Morgan fingerprint density at radius 2 is 1.86 bits per heavy atom. The van der Waals surface area contributed by atoms with Crippen LogP contribution in [0.5, 0.6) is 0 Å². The van der Waals surface area contributed by atoms with Crippen LogP contribution in [0, 0.1) is 0 Å². The van der Waals surface area contributed by atoms with Crippen LogP contribution in [0.25, 0.3) is 0 Å².